The van der Waals surface area contributed by atoms with Gasteiger partial charge in [-0.15, -0.1) is 0 Å². The Bertz CT molecular complexity index is 1060. The monoisotopic (exact) mass is 430 g/mol. The number of hydrogen-bond acceptors (Lipinski definition) is 5. The number of carbonyl (C=O) groups is 2. The third-order valence-electron chi connectivity index (χ3n) is 5.28. The van der Waals surface area contributed by atoms with Crippen LogP contribution in [-0.2, 0) is 32.4 Å². The summed E-state index contributed by atoms with van der Waals surface area (Å²) in [5.41, 5.74) is 2.46. The van der Waals surface area contributed by atoms with Crippen molar-refractivity contribution in [3.8, 4) is 5.75 Å². The number of rotatable bonds is 7. The number of nitrogens with one attached hydrogen (secondary N) is 1. The molecule has 0 radical (unpaired) electrons. The van der Waals surface area contributed by atoms with E-state index in [0.717, 1.165) is 16.8 Å². The molecule has 0 saturated heterocycles. The first-order chi connectivity index (χ1) is 14.2. The minimum Gasteiger partial charge on any atom is -0.497 e. The Kier molecular flexibility index (Phi) is 6.45. The molecule has 2 aromatic carbocycles. The molecule has 0 fully saturated rings. The summed E-state index contributed by atoms with van der Waals surface area (Å²) in [6, 6.07) is 12.1. The molecule has 0 unspecified atom stereocenters. The first-order valence-electron chi connectivity index (χ1n) is 9.77. The van der Waals surface area contributed by atoms with Crippen LogP contribution in [0, 0.1) is 0 Å². The van der Waals surface area contributed by atoms with Crippen LogP contribution in [0.25, 0.3) is 0 Å². The molecular formula is C22H26N2O5S. The standard InChI is InChI=1S/C22H26N2O5S/c1-15(11-22(26)23-14-17-5-4-6-19(12-17)29-3)30(27,28)20-7-8-21-18(13-20)9-10-24(21)16(2)25/h4-8,12-13,15H,9-11,14H2,1-3H3,(H,23,26)/t15-/m1/s1. The van der Waals surface area contributed by atoms with E-state index in [9.17, 15) is 18.0 Å². The summed E-state index contributed by atoms with van der Waals surface area (Å²) in [6.07, 6.45) is 0.483. The van der Waals surface area contributed by atoms with Gasteiger partial charge < -0.3 is 15.0 Å². The number of carbonyl (C=O) groups excluding carboxylic acids is 2. The molecule has 30 heavy (non-hydrogen) atoms. The van der Waals surface area contributed by atoms with E-state index in [1.54, 1.807) is 24.1 Å². The molecule has 0 saturated carbocycles. The van der Waals surface area contributed by atoms with Crippen molar-refractivity contribution in [2.45, 2.75) is 43.4 Å². The predicted molar refractivity (Wildman–Crippen MR) is 114 cm³/mol. The molecule has 7 nitrogen and oxygen atoms in total. The van der Waals surface area contributed by atoms with E-state index in [1.165, 1.54) is 19.9 Å². The van der Waals surface area contributed by atoms with Crippen LogP contribution in [0.2, 0.25) is 0 Å². The highest BCUT2D eigenvalue weighted by molar-refractivity contribution is 7.92. The van der Waals surface area contributed by atoms with Gasteiger partial charge in [-0.2, -0.15) is 0 Å². The number of hydrogen-bond donors (Lipinski definition) is 1. The van der Waals surface area contributed by atoms with Crippen molar-refractivity contribution in [3.05, 3.63) is 53.6 Å². The average Bonchev–Trinajstić information content (AvgIpc) is 3.16. The fourth-order valence-corrected chi connectivity index (χ4v) is 4.94. The number of ether oxygens (including phenoxy) is 1. The number of nitrogens with zero attached hydrogens (tertiary/aromatic N) is 1. The zero-order valence-electron chi connectivity index (χ0n) is 17.3. The van der Waals surface area contributed by atoms with Gasteiger partial charge in [-0.3, -0.25) is 9.59 Å². The molecule has 1 aliphatic rings. The molecule has 1 aliphatic heterocycles. The van der Waals surface area contributed by atoms with E-state index < -0.39 is 15.1 Å². The Balaban J connectivity index is 1.65. The zero-order chi connectivity index (χ0) is 21.9. The highest BCUT2D eigenvalue weighted by Crippen LogP contribution is 2.31. The van der Waals surface area contributed by atoms with Gasteiger partial charge in [-0.1, -0.05) is 12.1 Å². The highest BCUT2D eigenvalue weighted by atomic mass is 32.2. The SMILES string of the molecule is COc1cccc(CNC(=O)C[C@@H](C)S(=O)(=O)c2ccc3c(c2)CCN3C(C)=O)c1. The smallest absolute Gasteiger partial charge is 0.223 e. The van der Waals surface area contributed by atoms with Crippen LogP contribution < -0.4 is 15.0 Å². The van der Waals surface area contributed by atoms with Crippen LogP contribution in [0.3, 0.4) is 0 Å². The van der Waals surface area contributed by atoms with Gasteiger partial charge in [0.1, 0.15) is 5.75 Å². The highest BCUT2D eigenvalue weighted by Gasteiger charge is 2.29. The fraction of sp³-hybridized carbons (Fsp3) is 0.364. The van der Waals surface area contributed by atoms with Gasteiger partial charge in [0.15, 0.2) is 9.84 Å². The van der Waals surface area contributed by atoms with E-state index in [-0.39, 0.29) is 23.1 Å². The molecule has 160 valence electrons. The second-order valence-corrected chi connectivity index (χ2v) is 9.77. The molecule has 2 aromatic rings. The molecule has 0 bridgehead atoms. The molecule has 1 N–H and O–H groups in total. The molecular weight excluding hydrogens is 404 g/mol. The third-order valence-corrected chi connectivity index (χ3v) is 7.42. The predicted octanol–water partition coefficient (Wildman–Crippen LogP) is 2.47. The van der Waals surface area contributed by atoms with Crippen molar-refractivity contribution in [2.75, 3.05) is 18.6 Å². The second-order valence-electron chi connectivity index (χ2n) is 7.40. The maximum atomic E-state index is 13.0. The Labute approximate surface area is 177 Å². The van der Waals surface area contributed by atoms with Crippen LogP contribution in [0.4, 0.5) is 5.69 Å². The number of benzene rings is 2. The quantitative estimate of drug-likeness (QED) is 0.729. The number of anilines is 1. The lowest BCUT2D eigenvalue weighted by molar-refractivity contribution is -0.121. The second kappa shape index (κ2) is 8.87. The molecule has 1 atom stereocenters. The Morgan fingerprint density at radius 3 is 2.67 bits per heavy atom. The van der Waals surface area contributed by atoms with Crippen LogP contribution >= 0.6 is 0 Å². The van der Waals surface area contributed by atoms with Crippen molar-refractivity contribution in [1.29, 1.82) is 0 Å². The number of fused-ring (bicyclic) bond motifs is 1. The molecule has 0 aliphatic carbocycles. The van der Waals surface area contributed by atoms with Crippen molar-refractivity contribution in [1.82, 2.24) is 5.32 Å². The number of methoxy groups -OCH3 is 1. The van der Waals surface area contributed by atoms with Gasteiger partial charge in [0.2, 0.25) is 11.8 Å². The lowest BCUT2D eigenvalue weighted by atomic mass is 10.2. The summed E-state index contributed by atoms with van der Waals surface area (Å²) >= 11 is 0. The van der Waals surface area contributed by atoms with E-state index in [2.05, 4.69) is 5.32 Å². The van der Waals surface area contributed by atoms with E-state index in [0.29, 0.717) is 25.3 Å². The molecule has 3 rings (SSSR count). The van der Waals surface area contributed by atoms with Crippen LogP contribution in [0.15, 0.2) is 47.4 Å². The summed E-state index contributed by atoms with van der Waals surface area (Å²) in [4.78, 5) is 25.8. The van der Waals surface area contributed by atoms with E-state index in [4.69, 9.17) is 4.74 Å². The van der Waals surface area contributed by atoms with Gasteiger partial charge >= 0.3 is 0 Å². The summed E-state index contributed by atoms with van der Waals surface area (Å²) in [5.74, 6) is 0.292. The zero-order valence-corrected chi connectivity index (χ0v) is 18.2. The summed E-state index contributed by atoms with van der Waals surface area (Å²) in [7, 11) is -2.10. The minimum atomic E-state index is -3.67. The van der Waals surface area contributed by atoms with Crippen LogP contribution in [-0.4, -0.2) is 39.1 Å². The summed E-state index contributed by atoms with van der Waals surface area (Å²) < 4.78 is 31.1. The lowest BCUT2D eigenvalue weighted by Gasteiger charge is -2.16. The van der Waals surface area contributed by atoms with Crippen molar-refractivity contribution in [2.24, 2.45) is 0 Å². The molecule has 0 spiro atoms. The third kappa shape index (κ3) is 4.64. The van der Waals surface area contributed by atoms with Gasteiger partial charge in [-0.25, -0.2) is 8.42 Å². The normalized spacial score (nSPS) is 14.2. The molecule has 8 heteroatoms. The molecule has 2 amide bonds. The summed E-state index contributed by atoms with van der Waals surface area (Å²) in [5, 5.41) is 1.89. The maximum absolute atomic E-state index is 13.0. The van der Waals surface area contributed by atoms with Crippen molar-refractivity contribution >= 4 is 27.3 Å². The van der Waals surface area contributed by atoms with Crippen molar-refractivity contribution < 1.29 is 22.7 Å². The Hall–Kier alpha value is -2.87. The Morgan fingerprint density at radius 1 is 1.20 bits per heavy atom. The van der Waals surface area contributed by atoms with Crippen LogP contribution in [0.5, 0.6) is 5.75 Å². The van der Waals surface area contributed by atoms with E-state index >= 15 is 0 Å². The van der Waals surface area contributed by atoms with E-state index in [1.807, 2.05) is 24.3 Å². The van der Waals surface area contributed by atoms with Gasteiger partial charge in [0.25, 0.3) is 0 Å². The minimum absolute atomic E-state index is 0.0644. The topological polar surface area (TPSA) is 92.8 Å². The van der Waals surface area contributed by atoms with Gasteiger partial charge in [0, 0.05) is 32.1 Å². The maximum Gasteiger partial charge on any atom is 0.223 e. The number of amides is 2. The largest absolute Gasteiger partial charge is 0.497 e. The summed E-state index contributed by atoms with van der Waals surface area (Å²) in [6.45, 7) is 3.88. The molecule has 0 aromatic heterocycles. The first kappa shape index (κ1) is 21.8. The van der Waals surface area contributed by atoms with Crippen molar-refractivity contribution in [3.63, 3.8) is 0 Å². The van der Waals surface area contributed by atoms with Gasteiger partial charge in [0.05, 0.1) is 17.3 Å². The number of sulfone groups is 1. The lowest BCUT2D eigenvalue weighted by Crippen LogP contribution is -2.29. The first-order valence-corrected chi connectivity index (χ1v) is 11.3. The molecule has 1 heterocycles. The van der Waals surface area contributed by atoms with Crippen LogP contribution in [0.1, 0.15) is 31.4 Å². The Morgan fingerprint density at radius 2 is 1.97 bits per heavy atom. The van der Waals surface area contributed by atoms with Gasteiger partial charge in [-0.05, 0) is 54.8 Å². The average molecular weight is 431 g/mol. The fourth-order valence-electron chi connectivity index (χ4n) is 3.54.